The molecule has 3 rings (SSSR count). The summed E-state index contributed by atoms with van der Waals surface area (Å²) in [5.74, 6) is -0.439. The number of nitrogens with one attached hydrogen (secondary N) is 1. The van der Waals surface area contributed by atoms with Crippen LogP contribution in [-0.4, -0.2) is 21.6 Å². The maximum absolute atomic E-state index is 12.3. The van der Waals surface area contributed by atoms with Gasteiger partial charge in [-0.1, -0.05) is 29.3 Å². The molecule has 0 spiro atoms. The molecular weight excluding hydrogens is 395 g/mol. The zero-order valence-electron chi connectivity index (χ0n) is 14.0. The van der Waals surface area contributed by atoms with Gasteiger partial charge in [0.2, 0.25) is 0 Å². The number of furan rings is 1. The Morgan fingerprint density at radius 1 is 1.30 bits per heavy atom. The number of hydrogen-bond donors (Lipinski definition) is 2. The van der Waals surface area contributed by atoms with Crippen LogP contribution < -0.4 is 15.8 Å². The number of nitrogens with two attached hydrogens (primary N) is 1. The predicted octanol–water partition coefficient (Wildman–Crippen LogP) is 3.25. The van der Waals surface area contributed by atoms with Crippen LogP contribution in [0.3, 0.4) is 0 Å². The van der Waals surface area contributed by atoms with E-state index in [1.165, 1.54) is 16.9 Å². The predicted molar refractivity (Wildman–Crippen MR) is 99.2 cm³/mol. The van der Waals surface area contributed by atoms with Crippen molar-refractivity contribution < 1.29 is 18.7 Å². The summed E-state index contributed by atoms with van der Waals surface area (Å²) in [5.41, 5.74) is 5.55. The number of nitrogens with zero attached hydrogens (tertiary/aromatic N) is 2. The molecule has 140 valence electrons. The third-order valence-electron chi connectivity index (χ3n) is 3.59. The number of halogens is 2. The molecule has 2 amide bonds. The minimum absolute atomic E-state index is 0.0325. The molecule has 0 bridgehead atoms. The lowest BCUT2D eigenvalue weighted by Gasteiger charge is -2.07. The normalized spacial score (nSPS) is 10.6. The first-order valence-corrected chi connectivity index (χ1v) is 8.41. The lowest BCUT2D eigenvalue weighted by atomic mass is 10.3. The van der Waals surface area contributed by atoms with E-state index in [2.05, 4.69) is 10.4 Å². The highest BCUT2D eigenvalue weighted by Gasteiger charge is 2.19. The maximum atomic E-state index is 12.3. The molecule has 0 aliphatic rings. The van der Waals surface area contributed by atoms with Crippen LogP contribution in [0.1, 0.15) is 26.8 Å². The van der Waals surface area contributed by atoms with Crippen LogP contribution in [0.25, 0.3) is 0 Å². The molecule has 8 nitrogen and oxygen atoms in total. The highest BCUT2D eigenvalue weighted by atomic mass is 35.5. The molecule has 27 heavy (non-hydrogen) atoms. The maximum Gasteiger partial charge on any atom is 0.291 e. The number of hydrogen-bond acceptors (Lipinski definition) is 5. The Balaban J connectivity index is 1.68. The van der Waals surface area contributed by atoms with E-state index in [1.807, 2.05) is 0 Å². The second-order valence-electron chi connectivity index (χ2n) is 5.46. The molecule has 10 heteroatoms. The van der Waals surface area contributed by atoms with Crippen molar-refractivity contribution in [1.29, 1.82) is 0 Å². The number of carbonyl (C=O) groups is 2. The monoisotopic (exact) mass is 408 g/mol. The van der Waals surface area contributed by atoms with Gasteiger partial charge in [0.15, 0.2) is 5.76 Å². The Hall–Kier alpha value is -2.97. The van der Waals surface area contributed by atoms with E-state index < -0.39 is 11.8 Å². The number of benzene rings is 1. The molecule has 0 saturated carbocycles. The van der Waals surface area contributed by atoms with E-state index >= 15 is 0 Å². The summed E-state index contributed by atoms with van der Waals surface area (Å²) in [6.45, 7) is 0.0484. The van der Waals surface area contributed by atoms with Crippen LogP contribution in [0.5, 0.6) is 5.75 Å². The smallest absolute Gasteiger partial charge is 0.291 e. The Morgan fingerprint density at radius 3 is 2.81 bits per heavy atom. The lowest BCUT2D eigenvalue weighted by molar-refractivity contribution is 0.0992. The zero-order chi connectivity index (χ0) is 19.6. The van der Waals surface area contributed by atoms with Crippen molar-refractivity contribution in [2.45, 2.75) is 6.61 Å². The van der Waals surface area contributed by atoms with Gasteiger partial charge in [0, 0.05) is 7.05 Å². The highest BCUT2D eigenvalue weighted by molar-refractivity contribution is 6.42. The van der Waals surface area contributed by atoms with Gasteiger partial charge in [-0.05, 0) is 24.3 Å². The molecule has 0 atom stereocenters. The Kier molecular flexibility index (Phi) is 5.38. The van der Waals surface area contributed by atoms with Gasteiger partial charge in [-0.25, -0.2) is 0 Å². The first-order chi connectivity index (χ1) is 12.9. The van der Waals surface area contributed by atoms with Gasteiger partial charge in [0.25, 0.3) is 11.8 Å². The van der Waals surface area contributed by atoms with Crippen molar-refractivity contribution in [1.82, 2.24) is 9.78 Å². The Labute approximate surface area is 163 Å². The van der Waals surface area contributed by atoms with E-state index in [1.54, 1.807) is 31.3 Å². The van der Waals surface area contributed by atoms with Crippen LogP contribution in [0, 0.1) is 0 Å². The van der Waals surface area contributed by atoms with E-state index in [9.17, 15) is 9.59 Å². The third kappa shape index (κ3) is 4.07. The van der Waals surface area contributed by atoms with Gasteiger partial charge < -0.3 is 20.2 Å². The lowest BCUT2D eigenvalue weighted by Crippen LogP contribution is -2.20. The summed E-state index contributed by atoms with van der Waals surface area (Å²) in [5, 5.41) is 7.09. The molecule has 2 heterocycles. The number of anilines is 1. The van der Waals surface area contributed by atoms with Crippen molar-refractivity contribution in [3.05, 3.63) is 63.8 Å². The number of aryl methyl sites for hydroxylation is 1. The summed E-state index contributed by atoms with van der Waals surface area (Å²) in [4.78, 5) is 23.8. The van der Waals surface area contributed by atoms with Crippen molar-refractivity contribution in [3.63, 3.8) is 0 Å². The van der Waals surface area contributed by atoms with Crippen LogP contribution in [-0.2, 0) is 13.7 Å². The molecule has 0 unspecified atom stereocenters. The number of aromatic nitrogens is 2. The molecule has 0 aliphatic heterocycles. The summed E-state index contributed by atoms with van der Waals surface area (Å²) in [6.07, 6.45) is 1.33. The molecule has 0 saturated heterocycles. The SMILES string of the molecule is Cn1ncc(NC(=O)c2ccc(COc3cccc(Cl)c3Cl)o2)c1C(N)=O. The minimum Gasteiger partial charge on any atom is -0.484 e. The third-order valence-corrected chi connectivity index (χ3v) is 4.39. The van der Waals surface area contributed by atoms with Crippen LogP contribution >= 0.6 is 23.2 Å². The Morgan fingerprint density at radius 2 is 2.07 bits per heavy atom. The van der Waals surface area contributed by atoms with Gasteiger partial charge in [-0.3, -0.25) is 14.3 Å². The first kappa shape index (κ1) is 18.8. The first-order valence-electron chi connectivity index (χ1n) is 7.65. The summed E-state index contributed by atoms with van der Waals surface area (Å²) < 4.78 is 12.3. The molecule has 1 aromatic carbocycles. The highest BCUT2D eigenvalue weighted by Crippen LogP contribution is 2.32. The number of ether oxygens (including phenoxy) is 1. The number of rotatable bonds is 6. The van der Waals surface area contributed by atoms with Gasteiger partial charge in [-0.15, -0.1) is 0 Å². The molecular formula is C17H14Cl2N4O4. The van der Waals surface area contributed by atoms with Gasteiger partial charge in [0.1, 0.15) is 28.8 Å². The second-order valence-corrected chi connectivity index (χ2v) is 6.24. The Bertz CT molecular complexity index is 1010. The number of amides is 2. The zero-order valence-corrected chi connectivity index (χ0v) is 15.5. The van der Waals surface area contributed by atoms with Gasteiger partial charge in [-0.2, -0.15) is 5.10 Å². The minimum atomic E-state index is -0.711. The number of carbonyl (C=O) groups excluding carboxylic acids is 2. The fraction of sp³-hybridized carbons (Fsp3) is 0.118. The van der Waals surface area contributed by atoms with E-state index in [0.717, 1.165) is 0 Å². The molecule has 0 fully saturated rings. The van der Waals surface area contributed by atoms with Crippen LogP contribution in [0.15, 0.2) is 40.9 Å². The standard InChI is InChI=1S/C17H14Cl2N4O4/c1-23-15(16(20)24)11(7-21-23)22-17(25)13-6-5-9(27-13)8-26-12-4-2-3-10(18)14(12)19/h2-7H,8H2,1H3,(H2,20,24)(H,22,25). The second kappa shape index (κ2) is 7.73. The average molecular weight is 409 g/mol. The van der Waals surface area contributed by atoms with Gasteiger partial charge >= 0.3 is 0 Å². The quantitative estimate of drug-likeness (QED) is 0.649. The van der Waals surface area contributed by atoms with E-state index in [4.69, 9.17) is 38.1 Å². The van der Waals surface area contributed by atoms with E-state index in [-0.39, 0.29) is 23.7 Å². The molecule has 3 N–H and O–H groups in total. The fourth-order valence-electron chi connectivity index (χ4n) is 2.33. The van der Waals surface area contributed by atoms with Gasteiger partial charge in [0.05, 0.1) is 16.9 Å². The topological polar surface area (TPSA) is 112 Å². The summed E-state index contributed by atoms with van der Waals surface area (Å²) in [7, 11) is 1.54. The summed E-state index contributed by atoms with van der Waals surface area (Å²) >= 11 is 12.0. The van der Waals surface area contributed by atoms with Crippen molar-refractivity contribution in [2.24, 2.45) is 12.8 Å². The molecule has 2 aromatic heterocycles. The van der Waals surface area contributed by atoms with Crippen molar-refractivity contribution >= 4 is 40.7 Å². The molecule has 3 aromatic rings. The number of primary amides is 1. The molecule has 0 radical (unpaired) electrons. The van der Waals surface area contributed by atoms with Crippen LogP contribution in [0.2, 0.25) is 10.0 Å². The largest absolute Gasteiger partial charge is 0.484 e. The van der Waals surface area contributed by atoms with E-state index in [0.29, 0.717) is 21.6 Å². The van der Waals surface area contributed by atoms with Crippen molar-refractivity contribution in [2.75, 3.05) is 5.32 Å². The van der Waals surface area contributed by atoms with Crippen molar-refractivity contribution in [3.8, 4) is 5.75 Å². The van der Waals surface area contributed by atoms with Crippen LogP contribution in [0.4, 0.5) is 5.69 Å². The fourth-order valence-corrected chi connectivity index (χ4v) is 2.67. The summed E-state index contributed by atoms with van der Waals surface area (Å²) in [6, 6.07) is 8.08. The molecule has 0 aliphatic carbocycles. The average Bonchev–Trinajstić information content (AvgIpc) is 3.23.